The number of aliphatic hydroxyl groups is 1. The SMILES string of the molecule is CCCCN1CC(C(=O)NC(Cc2cc(F)cc(F)c2)[C@H](O)[C@H]2CN(S(=O)(=O)CCCC)CCN2)CC1=O. The summed E-state index contributed by atoms with van der Waals surface area (Å²) in [7, 11) is -3.51. The van der Waals surface area contributed by atoms with Crippen LogP contribution in [0.25, 0.3) is 0 Å². The lowest BCUT2D eigenvalue weighted by atomic mass is 9.94. The Morgan fingerprint density at radius 1 is 1.16 bits per heavy atom. The first-order valence-electron chi connectivity index (χ1n) is 13.5. The summed E-state index contributed by atoms with van der Waals surface area (Å²) in [6, 6.07) is 1.33. The highest BCUT2D eigenvalue weighted by Gasteiger charge is 2.39. The van der Waals surface area contributed by atoms with Crippen molar-refractivity contribution in [1.82, 2.24) is 19.8 Å². The van der Waals surface area contributed by atoms with E-state index in [-0.39, 0.29) is 49.7 Å². The summed E-state index contributed by atoms with van der Waals surface area (Å²) in [5.74, 6) is -2.69. The predicted molar refractivity (Wildman–Crippen MR) is 140 cm³/mol. The van der Waals surface area contributed by atoms with Crippen LogP contribution in [0.5, 0.6) is 0 Å². The van der Waals surface area contributed by atoms with Crippen molar-refractivity contribution in [2.75, 3.05) is 38.5 Å². The van der Waals surface area contributed by atoms with E-state index in [1.54, 1.807) is 4.90 Å². The molecule has 12 heteroatoms. The summed E-state index contributed by atoms with van der Waals surface area (Å²) in [4.78, 5) is 27.2. The van der Waals surface area contributed by atoms with Gasteiger partial charge in [-0.25, -0.2) is 17.2 Å². The number of sulfonamides is 1. The molecule has 2 fully saturated rings. The quantitative estimate of drug-likeness (QED) is 0.337. The fourth-order valence-electron chi connectivity index (χ4n) is 5.02. The second-order valence-corrected chi connectivity index (χ2v) is 12.4. The van der Waals surface area contributed by atoms with E-state index in [1.165, 1.54) is 4.31 Å². The van der Waals surface area contributed by atoms with E-state index in [9.17, 15) is 31.9 Å². The lowest BCUT2D eigenvalue weighted by molar-refractivity contribution is -0.129. The number of piperazine rings is 1. The lowest BCUT2D eigenvalue weighted by Gasteiger charge is -2.38. The molecule has 214 valence electrons. The predicted octanol–water partition coefficient (Wildman–Crippen LogP) is 1.41. The molecule has 1 aromatic carbocycles. The Kier molecular flexibility index (Phi) is 11.0. The molecule has 3 N–H and O–H groups in total. The second-order valence-electron chi connectivity index (χ2n) is 10.3. The van der Waals surface area contributed by atoms with Crippen molar-refractivity contribution in [2.45, 2.75) is 70.6 Å². The number of hydrogen-bond acceptors (Lipinski definition) is 6. The van der Waals surface area contributed by atoms with Crippen LogP contribution in [0.3, 0.4) is 0 Å². The average molecular weight is 559 g/mol. The normalized spacial score (nSPS) is 22.4. The van der Waals surface area contributed by atoms with Crippen LogP contribution >= 0.6 is 0 Å². The molecule has 2 aliphatic heterocycles. The van der Waals surface area contributed by atoms with Gasteiger partial charge in [0.2, 0.25) is 21.8 Å². The van der Waals surface area contributed by atoms with Gasteiger partial charge in [0.1, 0.15) is 11.6 Å². The number of benzene rings is 1. The summed E-state index contributed by atoms with van der Waals surface area (Å²) in [5, 5.41) is 17.3. The number of carbonyl (C=O) groups excluding carboxylic acids is 2. The van der Waals surface area contributed by atoms with Crippen molar-refractivity contribution >= 4 is 21.8 Å². The Labute approximate surface area is 224 Å². The first kappa shape index (κ1) is 30.4. The van der Waals surface area contributed by atoms with Gasteiger partial charge in [-0.1, -0.05) is 26.7 Å². The zero-order valence-electron chi connectivity index (χ0n) is 22.2. The fourth-order valence-corrected chi connectivity index (χ4v) is 6.69. The first-order chi connectivity index (χ1) is 18.0. The Morgan fingerprint density at radius 2 is 1.84 bits per heavy atom. The van der Waals surface area contributed by atoms with E-state index in [0.717, 1.165) is 37.5 Å². The zero-order chi connectivity index (χ0) is 27.9. The number of carbonyl (C=O) groups is 2. The van der Waals surface area contributed by atoms with Crippen LogP contribution in [0.2, 0.25) is 0 Å². The fraction of sp³-hybridized carbons (Fsp3) is 0.692. The van der Waals surface area contributed by atoms with Gasteiger partial charge in [0.15, 0.2) is 0 Å². The summed E-state index contributed by atoms with van der Waals surface area (Å²) in [6.07, 6.45) is 1.72. The Morgan fingerprint density at radius 3 is 2.50 bits per heavy atom. The molecule has 2 amide bonds. The van der Waals surface area contributed by atoms with Crippen LogP contribution in [0.4, 0.5) is 8.78 Å². The van der Waals surface area contributed by atoms with E-state index in [2.05, 4.69) is 10.6 Å². The Balaban J connectivity index is 1.77. The van der Waals surface area contributed by atoms with Crippen LogP contribution < -0.4 is 10.6 Å². The maximum atomic E-state index is 13.9. The average Bonchev–Trinajstić information content (AvgIpc) is 3.25. The molecule has 0 aliphatic carbocycles. The van der Waals surface area contributed by atoms with Gasteiger partial charge in [0, 0.05) is 51.3 Å². The third kappa shape index (κ3) is 8.17. The second kappa shape index (κ2) is 13.8. The maximum absolute atomic E-state index is 13.9. The Bertz CT molecular complexity index is 1050. The van der Waals surface area contributed by atoms with Crippen LogP contribution in [-0.2, 0) is 26.0 Å². The maximum Gasteiger partial charge on any atom is 0.225 e. The summed E-state index contributed by atoms with van der Waals surface area (Å²) >= 11 is 0. The van der Waals surface area contributed by atoms with Gasteiger partial charge in [-0.2, -0.15) is 4.31 Å². The molecule has 0 spiro atoms. The van der Waals surface area contributed by atoms with Crippen molar-refractivity contribution in [3.63, 3.8) is 0 Å². The molecule has 3 rings (SSSR count). The van der Waals surface area contributed by atoms with Gasteiger partial charge in [-0.3, -0.25) is 9.59 Å². The molecule has 0 bridgehead atoms. The molecule has 2 heterocycles. The number of rotatable bonds is 13. The van der Waals surface area contributed by atoms with Gasteiger partial charge in [-0.15, -0.1) is 0 Å². The van der Waals surface area contributed by atoms with Crippen LogP contribution in [-0.4, -0.2) is 91.2 Å². The molecule has 2 unspecified atom stereocenters. The minimum Gasteiger partial charge on any atom is -0.389 e. The lowest BCUT2D eigenvalue weighted by Crippen LogP contribution is -2.62. The van der Waals surface area contributed by atoms with Crippen LogP contribution in [0, 0.1) is 17.6 Å². The van der Waals surface area contributed by atoms with E-state index in [4.69, 9.17) is 0 Å². The van der Waals surface area contributed by atoms with Crippen molar-refractivity contribution < 1.29 is 31.9 Å². The van der Waals surface area contributed by atoms with Crippen molar-refractivity contribution in [3.05, 3.63) is 35.4 Å². The van der Waals surface area contributed by atoms with Crippen LogP contribution in [0.15, 0.2) is 18.2 Å². The minimum atomic E-state index is -3.51. The topological polar surface area (TPSA) is 119 Å². The van der Waals surface area contributed by atoms with Gasteiger partial charge in [0.05, 0.1) is 23.8 Å². The highest BCUT2D eigenvalue weighted by atomic mass is 32.2. The molecular formula is C26H40F2N4O5S. The number of hydrogen-bond donors (Lipinski definition) is 3. The highest BCUT2D eigenvalue weighted by molar-refractivity contribution is 7.89. The Hall–Kier alpha value is -2.15. The summed E-state index contributed by atoms with van der Waals surface area (Å²) in [5.41, 5.74) is 0.238. The molecule has 0 saturated carbocycles. The van der Waals surface area contributed by atoms with Gasteiger partial charge in [-0.05, 0) is 37.0 Å². The number of amides is 2. The monoisotopic (exact) mass is 558 g/mol. The van der Waals surface area contributed by atoms with Crippen molar-refractivity contribution in [1.29, 1.82) is 0 Å². The van der Waals surface area contributed by atoms with E-state index in [1.807, 2.05) is 13.8 Å². The number of halogens is 2. The van der Waals surface area contributed by atoms with Gasteiger partial charge < -0.3 is 20.6 Å². The molecular weight excluding hydrogens is 518 g/mol. The number of unbranched alkanes of at least 4 members (excludes halogenated alkanes) is 2. The minimum absolute atomic E-state index is 0.00378. The van der Waals surface area contributed by atoms with E-state index < -0.39 is 51.7 Å². The standard InChI is InChI=1S/C26H40F2N4O5S/c1-3-5-8-31-16-19(14-24(31)33)26(35)30-22(13-18-11-20(27)15-21(28)12-18)25(34)23-17-32(9-7-29-23)38(36,37)10-6-4-2/h11-12,15,19,22-23,25,29,34H,3-10,13-14,16-17H2,1-2H3,(H,30,35)/t19?,22?,23-,25+/m1/s1. The third-order valence-corrected chi connectivity index (χ3v) is 9.14. The molecule has 9 nitrogen and oxygen atoms in total. The van der Waals surface area contributed by atoms with E-state index >= 15 is 0 Å². The highest BCUT2D eigenvalue weighted by Crippen LogP contribution is 2.21. The number of nitrogens with zero attached hydrogens (tertiary/aromatic N) is 2. The molecule has 0 radical (unpaired) electrons. The van der Waals surface area contributed by atoms with Crippen LogP contribution in [0.1, 0.15) is 51.5 Å². The number of nitrogens with one attached hydrogen (secondary N) is 2. The van der Waals surface area contributed by atoms with Crippen molar-refractivity contribution in [2.24, 2.45) is 5.92 Å². The smallest absolute Gasteiger partial charge is 0.225 e. The molecule has 4 atom stereocenters. The molecule has 1 aromatic rings. The summed E-state index contributed by atoms with van der Waals surface area (Å²) < 4.78 is 54.7. The molecule has 2 saturated heterocycles. The zero-order valence-corrected chi connectivity index (χ0v) is 23.0. The van der Waals surface area contributed by atoms with Gasteiger partial charge in [0.25, 0.3) is 0 Å². The number of likely N-dealkylation sites (tertiary alicyclic amines) is 1. The third-order valence-electron chi connectivity index (χ3n) is 7.21. The first-order valence-corrected chi connectivity index (χ1v) is 15.1. The van der Waals surface area contributed by atoms with E-state index in [0.29, 0.717) is 19.5 Å². The summed E-state index contributed by atoms with van der Waals surface area (Å²) in [6.45, 7) is 5.34. The largest absolute Gasteiger partial charge is 0.389 e. The molecule has 2 aliphatic rings. The van der Waals surface area contributed by atoms with Crippen molar-refractivity contribution in [3.8, 4) is 0 Å². The number of aliphatic hydroxyl groups excluding tert-OH is 1. The molecule has 38 heavy (non-hydrogen) atoms. The molecule has 0 aromatic heterocycles. The van der Waals surface area contributed by atoms with Gasteiger partial charge >= 0.3 is 0 Å².